The summed E-state index contributed by atoms with van der Waals surface area (Å²) in [4.78, 5) is 24.1. The third-order valence-corrected chi connectivity index (χ3v) is 4.24. The van der Waals surface area contributed by atoms with E-state index in [1.165, 1.54) is 6.07 Å². The van der Waals surface area contributed by atoms with Crippen molar-refractivity contribution in [3.8, 4) is 11.8 Å². The van der Waals surface area contributed by atoms with E-state index in [4.69, 9.17) is 4.74 Å². The molecule has 0 saturated heterocycles. The highest BCUT2D eigenvalue weighted by Crippen LogP contribution is 2.29. The Kier molecular flexibility index (Phi) is 5.28. The van der Waals surface area contributed by atoms with Gasteiger partial charge in [-0.1, -0.05) is 44.2 Å². The topological polar surface area (TPSA) is 99.4 Å². The van der Waals surface area contributed by atoms with E-state index in [0.717, 1.165) is 5.39 Å². The molecule has 0 heterocycles. The van der Waals surface area contributed by atoms with Crippen LogP contribution < -0.4 is 5.32 Å². The average Bonchev–Trinajstić information content (AvgIpc) is 2.60. The maximum absolute atomic E-state index is 12.2. The Bertz CT molecular complexity index is 854. The number of phenolic OH excluding ortho intramolecular Hbond substituents is 1. The summed E-state index contributed by atoms with van der Waals surface area (Å²) >= 11 is 0. The van der Waals surface area contributed by atoms with Gasteiger partial charge >= 0.3 is 5.97 Å². The molecule has 6 heteroatoms. The van der Waals surface area contributed by atoms with Crippen molar-refractivity contribution in [2.75, 3.05) is 6.61 Å². The molecule has 0 radical (unpaired) electrons. The van der Waals surface area contributed by atoms with Crippen LogP contribution in [0.15, 0.2) is 36.4 Å². The molecule has 0 bridgehead atoms. The summed E-state index contributed by atoms with van der Waals surface area (Å²) in [6.07, 6.45) is 0. The van der Waals surface area contributed by atoms with Gasteiger partial charge in [0.05, 0.1) is 6.07 Å². The second kappa shape index (κ2) is 7.22. The van der Waals surface area contributed by atoms with Crippen LogP contribution in [-0.2, 0) is 9.53 Å². The molecule has 0 unspecified atom stereocenters. The van der Waals surface area contributed by atoms with Gasteiger partial charge in [-0.05, 0) is 24.3 Å². The van der Waals surface area contributed by atoms with Crippen molar-refractivity contribution >= 4 is 22.6 Å². The first-order chi connectivity index (χ1) is 11.8. The summed E-state index contributed by atoms with van der Waals surface area (Å²) < 4.78 is 4.97. The highest BCUT2D eigenvalue weighted by atomic mass is 16.5. The molecule has 0 aromatic heterocycles. The molecule has 2 aromatic rings. The molecule has 0 aliphatic rings. The molecule has 0 spiro atoms. The van der Waals surface area contributed by atoms with Crippen molar-refractivity contribution < 1.29 is 19.4 Å². The number of carbonyl (C=O) groups is 2. The molecule has 1 atom stereocenters. The first-order valence-corrected chi connectivity index (χ1v) is 7.88. The first-order valence-electron chi connectivity index (χ1n) is 7.88. The van der Waals surface area contributed by atoms with Gasteiger partial charge < -0.3 is 15.2 Å². The van der Waals surface area contributed by atoms with Crippen LogP contribution in [0.25, 0.3) is 10.8 Å². The Morgan fingerprint density at radius 1 is 1.28 bits per heavy atom. The number of hydrogen-bond acceptors (Lipinski definition) is 5. The van der Waals surface area contributed by atoms with Gasteiger partial charge in [0.2, 0.25) is 0 Å². The van der Waals surface area contributed by atoms with Gasteiger partial charge in [0.15, 0.2) is 6.61 Å². The molecule has 1 amide bonds. The highest BCUT2D eigenvalue weighted by molar-refractivity contribution is 6.01. The van der Waals surface area contributed by atoms with Gasteiger partial charge in [-0.25, -0.2) is 4.79 Å². The molecular formula is C19H20N2O4. The minimum Gasteiger partial charge on any atom is -0.506 e. The summed E-state index contributed by atoms with van der Waals surface area (Å²) in [5.41, 5.74) is -1.06. The zero-order chi connectivity index (χ0) is 18.6. The number of carbonyl (C=O) groups excluding carboxylic acids is 2. The average molecular weight is 340 g/mol. The molecule has 130 valence electrons. The van der Waals surface area contributed by atoms with E-state index in [1.54, 1.807) is 25.1 Å². The molecule has 2 N–H and O–H groups in total. The zero-order valence-electron chi connectivity index (χ0n) is 14.4. The summed E-state index contributed by atoms with van der Waals surface area (Å²) in [6.45, 7) is 4.69. The summed E-state index contributed by atoms with van der Waals surface area (Å²) in [5.74, 6) is -1.68. The Balaban J connectivity index is 2.07. The van der Waals surface area contributed by atoms with Crippen molar-refractivity contribution in [3.05, 3.63) is 42.0 Å². The van der Waals surface area contributed by atoms with Crippen LogP contribution in [0.1, 0.15) is 31.1 Å². The number of fused-ring (bicyclic) bond motifs is 1. The van der Waals surface area contributed by atoms with Crippen LogP contribution in [-0.4, -0.2) is 29.1 Å². The zero-order valence-corrected chi connectivity index (χ0v) is 14.4. The maximum atomic E-state index is 12.2. The fourth-order valence-corrected chi connectivity index (χ4v) is 2.26. The summed E-state index contributed by atoms with van der Waals surface area (Å²) in [7, 11) is 0. The van der Waals surface area contributed by atoms with E-state index in [2.05, 4.69) is 5.32 Å². The summed E-state index contributed by atoms with van der Waals surface area (Å²) in [6, 6.07) is 12.3. The SMILES string of the molecule is CC(C)[C@](C)(C#N)NC(=O)COC(=O)c1ccc2ccccc2c1O. The van der Waals surface area contributed by atoms with Crippen LogP contribution in [0.5, 0.6) is 5.75 Å². The monoisotopic (exact) mass is 340 g/mol. The molecule has 0 aliphatic carbocycles. The van der Waals surface area contributed by atoms with Gasteiger partial charge in [-0.3, -0.25) is 4.79 Å². The van der Waals surface area contributed by atoms with Crippen LogP contribution >= 0.6 is 0 Å². The highest BCUT2D eigenvalue weighted by Gasteiger charge is 2.30. The van der Waals surface area contributed by atoms with Gasteiger partial charge in [0, 0.05) is 5.39 Å². The second-order valence-electron chi connectivity index (χ2n) is 6.28. The lowest BCUT2D eigenvalue weighted by molar-refractivity contribution is -0.125. The van der Waals surface area contributed by atoms with Crippen LogP contribution in [0.3, 0.4) is 0 Å². The molecule has 0 fully saturated rings. The molecule has 2 aromatic carbocycles. The molecule has 2 rings (SSSR count). The lowest BCUT2D eigenvalue weighted by Crippen LogP contribution is -2.50. The van der Waals surface area contributed by atoms with Crippen molar-refractivity contribution in [2.24, 2.45) is 5.92 Å². The predicted octanol–water partition coefficient (Wildman–Crippen LogP) is 2.76. The number of nitrogens with one attached hydrogen (secondary N) is 1. The smallest absolute Gasteiger partial charge is 0.342 e. The van der Waals surface area contributed by atoms with Crippen molar-refractivity contribution in [2.45, 2.75) is 26.3 Å². The molecule has 25 heavy (non-hydrogen) atoms. The van der Waals surface area contributed by atoms with E-state index in [-0.39, 0.29) is 17.2 Å². The standard InChI is InChI=1S/C19H20N2O4/c1-12(2)19(3,11-20)21-16(22)10-25-18(24)15-9-8-13-6-4-5-7-14(13)17(15)23/h4-9,12,23H,10H2,1-3H3,(H,21,22)/t19-/m0/s1. The van der Waals surface area contributed by atoms with E-state index >= 15 is 0 Å². The minimum atomic E-state index is -1.05. The number of esters is 1. The van der Waals surface area contributed by atoms with E-state index < -0.39 is 24.0 Å². The second-order valence-corrected chi connectivity index (χ2v) is 6.28. The Morgan fingerprint density at radius 3 is 2.60 bits per heavy atom. The summed E-state index contributed by atoms with van der Waals surface area (Å²) in [5, 5.41) is 23.3. The fourth-order valence-electron chi connectivity index (χ4n) is 2.26. The number of aromatic hydroxyl groups is 1. The van der Waals surface area contributed by atoms with Gasteiger partial charge in [-0.15, -0.1) is 0 Å². The third kappa shape index (κ3) is 3.89. The largest absolute Gasteiger partial charge is 0.506 e. The molecule has 0 saturated carbocycles. The molecular weight excluding hydrogens is 320 g/mol. The van der Waals surface area contributed by atoms with Crippen LogP contribution in [0, 0.1) is 17.2 Å². The van der Waals surface area contributed by atoms with Gasteiger partial charge in [0.25, 0.3) is 5.91 Å². The number of benzene rings is 2. The lowest BCUT2D eigenvalue weighted by Gasteiger charge is -2.27. The quantitative estimate of drug-likeness (QED) is 0.815. The van der Waals surface area contributed by atoms with Crippen molar-refractivity contribution in [3.63, 3.8) is 0 Å². The Morgan fingerprint density at radius 2 is 1.96 bits per heavy atom. The Labute approximate surface area is 146 Å². The Hall–Kier alpha value is -3.07. The van der Waals surface area contributed by atoms with E-state index in [1.807, 2.05) is 32.0 Å². The third-order valence-electron chi connectivity index (χ3n) is 4.24. The number of phenols is 1. The van der Waals surface area contributed by atoms with E-state index in [0.29, 0.717) is 5.39 Å². The first kappa shape index (κ1) is 18.3. The van der Waals surface area contributed by atoms with Gasteiger partial charge in [0.1, 0.15) is 16.9 Å². The maximum Gasteiger partial charge on any atom is 0.342 e. The lowest BCUT2D eigenvalue weighted by atomic mass is 9.90. The fraction of sp³-hybridized carbons (Fsp3) is 0.316. The minimum absolute atomic E-state index is 0.0154. The normalized spacial score (nSPS) is 13.1. The molecule has 0 aliphatic heterocycles. The van der Waals surface area contributed by atoms with Crippen LogP contribution in [0.2, 0.25) is 0 Å². The van der Waals surface area contributed by atoms with Crippen LogP contribution in [0.4, 0.5) is 0 Å². The number of hydrogen-bond donors (Lipinski definition) is 2. The number of nitriles is 1. The molecule has 6 nitrogen and oxygen atoms in total. The van der Waals surface area contributed by atoms with Crippen molar-refractivity contribution in [1.82, 2.24) is 5.32 Å². The van der Waals surface area contributed by atoms with Crippen molar-refractivity contribution in [1.29, 1.82) is 5.26 Å². The van der Waals surface area contributed by atoms with Gasteiger partial charge in [-0.2, -0.15) is 5.26 Å². The number of nitrogens with zero attached hydrogens (tertiary/aromatic N) is 1. The number of rotatable bonds is 5. The number of ether oxygens (including phenoxy) is 1. The number of amides is 1. The predicted molar refractivity (Wildman–Crippen MR) is 92.9 cm³/mol. The van der Waals surface area contributed by atoms with E-state index in [9.17, 15) is 20.0 Å².